The van der Waals surface area contributed by atoms with Crippen LogP contribution in [-0.2, 0) is 33.9 Å². The number of hydrogen-bond donors (Lipinski definition) is 1. The Labute approximate surface area is 223 Å². The van der Waals surface area contributed by atoms with E-state index in [2.05, 4.69) is 0 Å². The first kappa shape index (κ1) is 24.7. The lowest BCUT2D eigenvalue weighted by molar-refractivity contribution is -0.160. The molecule has 1 N–H and O–H groups in total. The molecule has 6 heteroatoms. The minimum Gasteiger partial charge on any atom is -0.488 e. The molecule has 0 saturated heterocycles. The summed E-state index contributed by atoms with van der Waals surface area (Å²) in [7, 11) is 0. The smallest absolute Gasteiger partial charge is 0.326 e. The molecule has 1 aliphatic heterocycles. The van der Waals surface area contributed by atoms with Crippen molar-refractivity contribution in [2.75, 3.05) is 0 Å². The van der Waals surface area contributed by atoms with Crippen molar-refractivity contribution < 1.29 is 24.2 Å². The summed E-state index contributed by atoms with van der Waals surface area (Å²) in [6.07, 6.45) is 2.69. The third-order valence-electron chi connectivity index (χ3n) is 8.38. The molecule has 6 rings (SSSR count). The fourth-order valence-corrected chi connectivity index (χ4v) is 6.19. The van der Waals surface area contributed by atoms with Crippen LogP contribution in [0.5, 0.6) is 5.75 Å². The molecule has 196 valence electrons. The van der Waals surface area contributed by atoms with Gasteiger partial charge in [-0.2, -0.15) is 0 Å². The average Bonchev–Trinajstić information content (AvgIpc) is 3.62. The van der Waals surface area contributed by atoms with Gasteiger partial charge in [-0.25, -0.2) is 4.79 Å². The highest BCUT2D eigenvalue weighted by Gasteiger charge is 2.50. The third kappa shape index (κ3) is 4.81. The Hall–Kier alpha value is -3.64. The number of ether oxygens (including phenoxy) is 2. The summed E-state index contributed by atoms with van der Waals surface area (Å²) in [6, 6.07) is 22.4. The molecule has 3 aromatic carbocycles. The number of carboxylic acids is 1. The Morgan fingerprint density at radius 3 is 2.39 bits per heavy atom. The molecule has 6 nitrogen and oxygen atoms in total. The highest BCUT2D eigenvalue weighted by atomic mass is 16.5. The number of rotatable bonds is 8. The van der Waals surface area contributed by atoms with E-state index in [-0.39, 0.29) is 25.0 Å². The van der Waals surface area contributed by atoms with Crippen LogP contribution in [0.2, 0.25) is 0 Å². The number of carboxylic acid groups (broad SMARTS) is 1. The van der Waals surface area contributed by atoms with E-state index in [1.807, 2.05) is 79.7 Å². The van der Waals surface area contributed by atoms with Gasteiger partial charge in [-0.1, -0.05) is 72.8 Å². The first-order valence-electron chi connectivity index (χ1n) is 13.5. The topological polar surface area (TPSA) is 76.1 Å². The third-order valence-corrected chi connectivity index (χ3v) is 8.38. The minimum atomic E-state index is -1.02. The lowest BCUT2D eigenvalue weighted by Crippen LogP contribution is -2.51. The van der Waals surface area contributed by atoms with Crippen LogP contribution in [0.3, 0.4) is 0 Å². The molecular weight excluding hydrogens is 478 g/mol. The maximum atomic E-state index is 14.1. The molecule has 0 spiro atoms. The summed E-state index contributed by atoms with van der Waals surface area (Å²) in [4.78, 5) is 28.1. The van der Waals surface area contributed by atoms with Crippen LogP contribution < -0.4 is 4.74 Å². The maximum Gasteiger partial charge on any atom is 0.326 e. The zero-order chi connectivity index (χ0) is 26.2. The summed E-state index contributed by atoms with van der Waals surface area (Å²) < 4.78 is 12.7. The van der Waals surface area contributed by atoms with Gasteiger partial charge in [0, 0.05) is 18.5 Å². The average molecular weight is 512 g/mol. The van der Waals surface area contributed by atoms with Gasteiger partial charge in [-0.15, -0.1) is 0 Å². The fourth-order valence-electron chi connectivity index (χ4n) is 6.19. The van der Waals surface area contributed by atoms with Gasteiger partial charge in [-0.3, -0.25) is 4.79 Å². The standard InChI is InChI=1S/C32H33NO5/c1-20-12-13-24-18-33(27(32(35)36)17-26(24)29(20)37-19-21-8-4-2-5-9-21)31(34)30(22-10-6-3-7-11-22)38-28-15-14-23-16-25(23)28/h2-13,23,25,27-28,30H,14-19H2,1H3,(H,35,36)/t23-,25+,27-,28+,30-/m1/s1. The van der Waals surface area contributed by atoms with Crippen molar-refractivity contribution in [3.05, 3.63) is 101 Å². The van der Waals surface area contributed by atoms with Gasteiger partial charge in [-0.05, 0) is 60.3 Å². The number of fused-ring (bicyclic) bond motifs is 2. The van der Waals surface area contributed by atoms with Crippen molar-refractivity contribution >= 4 is 11.9 Å². The second-order valence-electron chi connectivity index (χ2n) is 10.9. The molecule has 2 aliphatic carbocycles. The van der Waals surface area contributed by atoms with E-state index in [1.165, 1.54) is 11.3 Å². The molecule has 1 heterocycles. The Morgan fingerprint density at radius 2 is 1.74 bits per heavy atom. The van der Waals surface area contributed by atoms with Crippen LogP contribution in [0.15, 0.2) is 72.8 Å². The van der Waals surface area contributed by atoms with Crippen LogP contribution in [0.1, 0.15) is 53.2 Å². The van der Waals surface area contributed by atoms with Crippen molar-refractivity contribution in [2.45, 2.75) is 64.0 Å². The number of aryl methyl sites for hydroxylation is 1. The number of benzene rings is 3. The van der Waals surface area contributed by atoms with E-state index < -0.39 is 18.1 Å². The second kappa shape index (κ2) is 10.3. The number of amides is 1. The largest absolute Gasteiger partial charge is 0.488 e. The highest BCUT2D eigenvalue weighted by molar-refractivity contribution is 5.88. The van der Waals surface area contributed by atoms with Gasteiger partial charge in [0.15, 0.2) is 6.10 Å². The second-order valence-corrected chi connectivity index (χ2v) is 10.9. The summed E-state index contributed by atoms with van der Waals surface area (Å²) >= 11 is 0. The molecule has 5 atom stereocenters. The van der Waals surface area contributed by atoms with Gasteiger partial charge in [0.25, 0.3) is 5.91 Å². The highest BCUT2D eigenvalue weighted by Crippen LogP contribution is 2.54. The predicted molar refractivity (Wildman–Crippen MR) is 143 cm³/mol. The minimum absolute atomic E-state index is 0.0511. The zero-order valence-electron chi connectivity index (χ0n) is 21.6. The first-order valence-corrected chi connectivity index (χ1v) is 13.5. The molecule has 3 aliphatic rings. The Kier molecular flexibility index (Phi) is 6.66. The van der Waals surface area contributed by atoms with Crippen molar-refractivity contribution in [1.82, 2.24) is 4.90 Å². The maximum absolute atomic E-state index is 14.1. The normalized spacial score (nSPS) is 24.3. The summed E-state index contributed by atoms with van der Waals surface area (Å²) in [5, 5.41) is 10.3. The van der Waals surface area contributed by atoms with Crippen LogP contribution in [0.25, 0.3) is 0 Å². The van der Waals surface area contributed by atoms with Gasteiger partial charge in [0.2, 0.25) is 0 Å². The summed E-state index contributed by atoms with van der Waals surface area (Å²) in [5.41, 5.74) is 4.55. The van der Waals surface area contributed by atoms with Crippen LogP contribution in [0, 0.1) is 18.8 Å². The molecular formula is C32H33NO5. The van der Waals surface area contributed by atoms with Crippen LogP contribution >= 0.6 is 0 Å². The number of nitrogens with zero attached hydrogens (tertiary/aromatic N) is 1. The van der Waals surface area contributed by atoms with Crippen LogP contribution in [0.4, 0.5) is 0 Å². The molecule has 2 fully saturated rings. The molecule has 0 aromatic heterocycles. The lowest BCUT2D eigenvalue weighted by atomic mass is 9.90. The van der Waals surface area contributed by atoms with E-state index in [9.17, 15) is 14.7 Å². The number of carbonyl (C=O) groups excluding carboxylic acids is 1. The van der Waals surface area contributed by atoms with E-state index in [4.69, 9.17) is 9.47 Å². The molecule has 0 unspecified atom stereocenters. The molecule has 1 amide bonds. The Morgan fingerprint density at radius 1 is 1.00 bits per heavy atom. The van der Waals surface area contributed by atoms with Crippen molar-refractivity contribution in [2.24, 2.45) is 11.8 Å². The molecule has 0 bridgehead atoms. The summed E-state index contributed by atoms with van der Waals surface area (Å²) in [5.74, 6) is 0.655. The monoisotopic (exact) mass is 511 g/mol. The van der Waals surface area contributed by atoms with Gasteiger partial charge >= 0.3 is 5.97 Å². The summed E-state index contributed by atoms with van der Waals surface area (Å²) in [6.45, 7) is 2.57. The van der Waals surface area contributed by atoms with Crippen molar-refractivity contribution in [1.29, 1.82) is 0 Å². The van der Waals surface area contributed by atoms with Crippen LogP contribution in [-0.4, -0.2) is 34.0 Å². The lowest BCUT2D eigenvalue weighted by Gasteiger charge is -2.38. The molecule has 2 saturated carbocycles. The Bertz CT molecular complexity index is 1320. The van der Waals surface area contributed by atoms with E-state index in [0.717, 1.165) is 46.6 Å². The SMILES string of the molecule is Cc1ccc2c(c1OCc1ccccc1)C[C@H](C(=O)O)N(C(=O)[C@H](O[C@H]1CC[C@@H]3C[C@@H]31)c1ccccc1)C2. The van der Waals surface area contributed by atoms with Gasteiger partial charge in [0.05, 0.1) is 6.10 Å². The zero-order valence-corrected chi connectivity index (χ0v) is 21.6. The van der Waals surface area contributed by atoms with Gasteiger partial charge in [0.1, 0.15) is 18.4 Å². The van der Waals surface area contributed by atoms with E-state index in [0.29, 0.717) is 18.3 Å². The van der Waals surface area contributed by atoms with Crippen molar-refractivity contribution in [3.63, 3.8) is 0 Å². The number of hydrogen-bond acceptors (Lipinski definition) is 4. The molecule has 0 radical (unpaired) electrons. The van der Waals surface area contributed by atoms with E-state index >= 15 is 0 Å². The molecule has 3 aromatic rings. The Balaban J connectivity index is 1.29. The molecule has 38 heavy (non-hydrogen) atoms. The van der Waals surface area contributed by atoms with Crippen molar-refractivity contribution in [3.8, 4) is 5.75 Å². The fraction of sp³-hybridized carbons (Fsp3) is 0.375. The van der Waals surface area contributed by atoms with Gasteiger partial charge < -0.3 is 19.5 Å². The van der Waals surface area contributed by atoms with E-state index in [1.54, 1.807) is 0 Å². The number of carbonyl (C=O) groups is 2. The number of aliphatic carboxylic acids is 1. The first-order chi connectivity index (χ1) is 18.5. The quantitative estimate of drug-likeness (QED) is 0.434. The predicted octanol–water partition coefficient (Wildman–Crippen LogP) is 5.47.